The van der Waals surface area contributed by atoms with E-state index in [-0.39, 0.29) is 24.3 Å². The molecule has 5 rings (SSSR count). The largest absolute Gasteiger partial charge is 0.497 e. The lowest BCUT2D eigenvalue weighted by molar-refractivity contribution is -0.133. The standard InChI is InChI=1S/C26H30N4O3/c1-18-11-13-28(14-12-18)25(32)17-30-23-6-4-3-5-22(23)27-26(30)19-15-24(31)29(16-19)20-7-9-21(33-2)10-8-20/h3-10,18-19H,11-17H2,1-2H3/t19-/m1/s1. The first-order valence-corrected chi connectivity index (χ1v) is 11.7. The maximum atomic E-state index is 13.2. The molecule has 2 aliphatic rings. The smallest absolute Gasteiger partial charge is 0.242 e. The van der Waals surface area contributed by atoms with Crippen molar-refractivity contribution >= 4 is 28.5 Å². The lowest BCUT2D eigenvalue weighted by Crippen LogP contribution is -2.40. The molecule has 0 radical (unpaired) electrons. The number of hydrogen-bond acceptors (Lipinski definition) is 4. The fraction of sp³-hybridized carbons (Fsp3) is 0.423. The Hall–Kier alpha value is -3.35. The zero-order valence-electron chi connectivity index (χ0n) is 19.2. The van der Waals surface area contributed by atoms with E-state index in [2.05, 4.69) is 6.92 Å². The molecule has 172 valence electrons. The summed E-state index contributed by atoms with van der Waals surface area (Å²) in [6, 6.07) is 15.5. The van der Waals surface area contributed by atoms with E-state index in [0.29, 0.717) is 18.9 Å². The van der Waals surface area contributed by atoms with E-state index in [1.165, 1.54) is 0 Å². The Morgan fingerprint density at radius 3 is 2.55 bits per heavy atom. The van der Waals surface area contributed by atoms with Gasteiger partial charge in [-0.3, -0.25) is 9.59 Å². The Bertz CT molecular complexity index is 1160. The van der Waals surface area contributed by atoms with E-state index in [4.69, 9.17) is 9.72 Å². The minimum absolute atomic E-state index is 0.0684. The average molecular weight is 447 g/mol. The van der Waals surface area contributed by atoms with Crippen LogP contribution in [0.25, 0.3) is 11.0 Å². The maximum Gasteiger partial charge on any atom is 0.242 e. The third kappa shape index (κ3) is 4.19. The van der Waals surface area contributed by atoms with Gasteiger partial charge < -0.3 is 19.1 Å². The van der Waals surface area contributed by atoms with Crippen LogP contribution in [0.15, 0.2) is 48.5 Å². The molecule has 2 fully saturated rings. The van der Waals surface area contributed by atoms with Crippen LogP contribution in [0, 0.1) is 5.92 Å². The molecule has 3 aromatic rings. The van der Waals surface area contributed by atoms with E-state index in [9.17, 15) is 9.59 Å². The number of benzene rings is 2. The number of methoxy groups -OCH3 is 1. The van der Waals surface area contributed by atoms with Crippen LogP contribution in [0.2, 0.25) is 0 Å². The van der Waals surface area contributed by atoms with Crippen LogP contribution in [-0.4, -0.2) is 53.0 Å². The predicted octanol–water partition coefficient (Wildman–Crippen LogP) is 3.82. The first kappa shape index (κ1) is 21.5. The minimum Gasteiger partial charge on any atom is -0.497 e. The van der Waals surface area contributed by atoms with Crippen molar-refractivity contribution in [3.8, 4) is 5.75 Å². The molecule has 0 spiro atoms. The molecule has 33 heavy (non-hydrogen) atoms. The van der Waals surface area contributed by atoms with Crippen molar-refractivity contribution in [1.29, 1.82) is 0 Å². The summed E-state index contributed by atoms with van der Waals surface area (Å²) in [5.41, 5.74) is 2.66. The summed E-state index contributed by atoms with van der Waals surface area (Å²) < 4.78 is 7.27. The molecule has 7 nitrogen and oxygen atoms in total. The fourth-order valence-corrected chi connectivity index (χ4v) is 4.96. The highest BCUT2D eigenvalue weighted by Gasteiger charge is 2.35. The van der Waals surface area contributed by atoms with Crippen molar-refractivity contribution in [1.82, 2.24) is 14.5 Å². The molecule has 0 unspecified atom stereocenters. The molecule has 7 heteroatoms. The molecule has 2 amide bonds. The van der Waals surface area contributed by atoms with Crippen molar-refractivity contribution < 1.29 is 14.3 Å². The number of rotatable bonds is 5. The zero-order valence-corrected chi connectivity index (χ0v) is 19.2. The monoisotopic (exact) mass is 446 g/mol. The average Bonchev–Trinajstić information content (AvgIpc) is 3.40. The molecular weight excluding hydrogens is 416 g/mol. The van der Waals surface area contributed by atoms with E-state index in [0.717, 1.165) is 54.2 Å². The number of para-hydroxylation sites is 2. The van der Waals surface area contributed by atoms with Crippen LogP contribution in [-0.2, 0) is 16.1 Å². The van der Waals surface area contributed by atoms with Gasteiger partial charge in [-0.05, 0) is 55.2 Å². The molecule has 2 aliphatic heterocycles. The predicted molar refractivity (Wildman–Crippen MR) is 127 cm³/mol. The van der Waals surface area contributed by atoms with Gasteiger partial charge >= 0.3 is 0 Å². The van der Waals surface area contributed by atoms with Gasteiger partial charge in [0.05, 0.1) is 18.1 Å². The molecule has 0 saturated carbocycles. The van der Waals surface area contributed by atoms with Crippen molar-refractivity contribution in [2.24, 2.45) is 5.92 Å². The molecule has 2 aromatic carbocycles. The summed E-state index contributed by atoms with van der Waals surface area (Å²) in [5, 5.41) is 0. The Morgan fingerprint density at radius 1 is 1.09 bits per heavy atom. The molecule has 1 atom stereocenters. The number of anilines is 1. The second-order valence-electron chi connectivity index (χ2n) is 9.21. The molecule has 0 bridgehead atoms. The SMILES string of the molecule is COc1ccc(N2C[C@H](c3nc4ccccc4n3CC(=O)N3CCC(C)CC3)CC2=O)cc1. The number of amides is 2. The Balaban J connectivity index is 1.42. The van der Waals surface area contributed by atoms with Crippen LogP contribution < -0.4 is 9.64 Å². The number of fused-ring (bicyclic) bond motifs is 1. The minimum atomic E-state index is -0.0684. The number of imidazole rings is 1. The second kappa shape index (κ2) is 8.89. The fourth-order valence-electron chi connectivity index (χ4n) is 4.96. The van der Waals surface area contributed by atoms with Gasteiger partial charge in [-0.1, -0.05) is 19.1 Å². The Labute approximate surface area is 193 Å². The highest BCUT2D eigenvalue weighted by Crippen LogP contribution is 2.34. The van der Waals surface area contributed by atoms with Crippen molar-refractivity contribution in [2.75, 3.05) is 31.6 Å². The number of carbonyl (C=O) groups is 2. The number of likely N-dealkylation sites (tertiary alicyclic amines) is 1. The van der Waals surface area contributed by atoms with Gasteiger partial charge in [0.25, 0.3) is 0 Å². The van der Waals surface area contributed by atoms with Crippen molar-refractivity contribution in [3.63, 3.8) is 0 Å². The number of piperidine rings is 1. The molecule has 1 aromatic heterocycles. The first-order valence-electron chi connectivity index (χ1n) is 11.7. The molecule has 0 N–H and O–H groups in total. The second-order valence-corrected chi connectivity index (χ2v) is 9.21. The zero-order chi connectivity index (χ0) is 22.9. The van der Waals surface area contributed by atoms with Crippen LogP contribution in [0.1, 0.15) is 37.9 Å². The van der Waals surface area contributed by atoms with Gasteiger partial charge in [-0.2, -0.15) is 0 Å². The number of carbonyl (C=O) groups excluding carboxylic acids is 2. The topological polar surface area (TPSA) is 67.7 Å². The summed E-state index contributed by atoms with van der Waals surface area (Å²) in [4.78, 5) is 34.8. The number of ether oxygens (including phenoxy) is 1. The van der Waals surface area contributed by atoms with E-state index in [1.54, 1.807) is 7.11 Å². The Kier molecular flexibility index (Phi) is 5.79. The van der Waals surface area contributed by atoms with Gasteiger partial charge in [-0.25, -0.2) is 4.98 Å². The molecule has 0 aliphatic carbocycles. The molecule has 2 saturated heterocycles. The first-order chi connectivity index (χ1) is 16.0. The van der Waals surface area contributed by atoms with Crippen LogP contribution in [0.4, 0.5) is 5.69 Å². The van der Waals surface area contributed by atoms with Gasteiger partial charge in [0.2, 0.25) is 11.8 Å². The van der Waals surface area contributed by atoms with Crippen LogP contribution >= 0.6 is 0 Å². The third-order valence-corrected chi connectivity index (χ3v) is 6.99. The third-order valence-electron chi connectivity index (χ3n) is 6.99. The number of nitrogens with zero attached hydrogens (tertiary/aromatic N) is 4. The summed E-state index contributed by atoms with van der Waals surface area (Å²) >= 11 is 0. The van der Waals surface area contributed by atoms with Gasteiger partial charge in [-0.15, -0.1) is 0 Å². The highest BCUT2D eigenvalue weighted by molar-refractivity contribution is 5.96. The lowest BCUT2D eigenvalue weighted by Gasteiger charge is -2.30. The quantitative estimate of drug-likeness (QED) is 0.598. The normalized spacial score (nSPS) is 19.5. The molecule has 3 heterocycles. The van der Waals surface area contributed by atoms with Crippen molar-refractivity contribution in [2.45, 2.75) is 38.6 Å². The van der Waals surface area contributed by atoms with Crippen LogP contribution in [0.3, 0.4) is 0 Å². The van der Waals surface area contributed by atoms with E-state index < -0.39 is 0 Å². The van der Waals surface area contributed by atoms with E-state index in [1.807, 2.05) is 62.9 Å². The lowest BCUT2D eigenvalue weighted by atomic mass is 9.99. The maximum absolute atomic E-state index is 13.2. The van der Waals surface area contributed by atoms with E-state index >= 15 is 0 Å². The number of hydrogen-bond donors (Lipinski definition) is 0. The summed E-state index contributed by atoms with van der Waals surface area (Å²) in [5.74, 6) is 2.38. The van der Waals surface area contributed by atoms with Gasteiger partial charge in [0.1, 0.15) is 18.1 Å². The summed E-state index contributed by atoms with van der Waals surface area (Å²) in [6.45, 7) is 4.68. The van der Waals surface area contributed by atoms with Gasteiger partial charge in [0, 0.05) is 37.7 Å². The Morgan fingerprint density at radius 2 is 1.82 bits per heavy atom. The van der Waals surface area contributed by atoms with Crippen molar-refractivity contribution in [3.05, 3.63) is 54.4 Å². The van der Waals surface area contributed by atoms with Crippen LogP contribution in [0.5, 0.6) is 5.75 Å². The molecular formula is C26H30N4O3. The highest BCUT2D eigenvalue weighted by atomic mass is 16.5. The number of aromatic nitrogens is 2. The summed E-state index contributed by atoms with van der Waals surface area (Å²) in [6.07, 6.45) is 2.49. The summed E-state index contributed by atoms with van der Waals surface area (Å²) in [7, 11) is 1.63. The van der Waals surface area contributed by atoms with Gasteiger partial charge in [0.15, 0.2) is 0 Å².